The molecular weight excluding hydrogens is 386 g/mol. The molecule has 160 valence electrons. The minimum Gasteiger partial charge on any atom is -0.490 e. The van der Waals surface area contributed by atoms with Crippen LogP contribution in [0.2, 0.25) is 0 Å². The largest absolute Gasteiger partial charge is 0.490 e. The molecule has 4 nitrogen and oxygen atoms in total. The van der Waals surface area contributed by atoms with Crippen LogP contribution in [-0.4, -0.2) is 30.0 Å². The zero-order chi connectivity index (χ0) is 21.6. The lowest BCUT2D eigenvalue weighted by Crippen LogP contribution is -2.41. The summed E-state index contributed by atoms with van der Waals surface area (Å²) in [6, 6.07) is 23.9. The summed E-state index contributed by atoms with van der Waals surface area (Å²) in [5.74, 6) is 1.84. The molecule has 0 aromatic heterocycles. The second-order valence-corrected chi connectivity index (χ2v) is 8.22. The van der Waals surface area contributed by atoms with Gasteiger partial charge in [-0.15, -0.1) is 0 Å². The van der Waals surface area contributed by atoms with Crippen molar-refractivity contribution in [3.63, 3.8) is 0 Å². The van der Waals surface area contributed by atoms with Gasteiger partial charge in [0.15, 0.2) is 0 Å². The summed E-state index contributed by atoms with van der Waals surface area (Å²) in [5.41, 5.74) is 4.25. The standard InChI is InChI=1S/C27H29NO3/c1-20-3-9-23(10-4-20)27(29)28-17-15-26(16-18-28)31-25-13-7-22(8-14-25)19-30-24-11-5-21(2)6-12-24/h3-14,26H,15-19H2,1-2H3. The average Bonchev–Trinajstić information content (AvgIpc) is 2.80. The number of hydrogen-bond donors (Lipinski definition) is 0. The van der Waals surface area contributed by atoms with Crippen LogP contribution >= 0.6 is 0 Å². The zero-order valence-electron chi connectivity index (χ0n) is 18.2. The topological polar surface area (TPSA) is 38.8 Å². The van der Waals surface area contributed by atoms with Crippen LogP contribution in [0.25, 0.3) is 0 Å². The number of likely N-dealkylation sites (tertiary alicyclic amines) is 1. The van der Waals surface area contributed by atoms with Crippen LogP contribution in [0.4, 0.5) is 0 Å². The van der Waals surface area contributed by atoms with Crippen LogP contribution in [0.15, 0.2) is 72.8 Å². The number of aryl methyl sites for hydroxylation is 2. The van der Waals surface area contributed by atoms with E-state index in [4.69, 9.17) is 9.47 Å². The van der Waals surface area contributed by atoms with Gasteiger partial charge < -0.3 is 14.4 Å². The Bertz CT molecular complexity index is 986. The highest BCUT2D eigenvalue weighted by molar-refractivity contribution is 5.94. The van der Waals surface area contributed by atoms with E-state index in [1.54, 1.807) is 0 Å². The third kappa shape index (κ3) is 5.66. The Labute approximate surface area is 184 Å². The summed E-state index contributed by atoms with van der Waals surface area (Å²) in [6.07, 6.45) is 1.82. The summed E-state index contributed by atoms with van der Waals surface area (Å²) in [7, 11) is 0. The Morgan fingerprint density at radius 3 is 1.97 bits per heavy atom. The van der Waals surface area contributed by atoms with Crippen molar-refractivity contribution in [3.8, 4) is 11.5 Å². The van der Waals surface area contributed by atoms with Gasteiger partial charge in [-0.05, 0) is 55.8 Å². The first kappa shape index (κ1) is 21.0. The molecule has 1 aliphatic rings. The number of hydrogen-bond acceptors (Lipinski definition) is 3. The van der Waals surface area contributed by atoms with Gasteiger partial charge in [0.25, 0.3) is 5.91 Å². The van der Waals surface area contributed by atoms with E-state index in [2.05, 4.69) is 6.92 Å². The van der Waals surface area contributed by atoms with E-state index in [1.807, 2.05) is 84.6 Å². The maximum absolute atomic E-state index is 12.7. The van der Waals surface area contributed by atoms with Crippen molar-refractivity contribution in [2.24, 2.45) is 0 Å². The molecule has 0 saturated carbocycles. The summed E-state index contributed by atoms with van der Waals surface area (Å²) >= 11 is 0. The minimum atomic E-state index is 0.108. The van der Waals surface area contributed by atoms with Gasteiger partial charge in [0, 0.05) is 31.5 Å². The molecule has 0 N–H and O–H groups in total. The lowest BCUT2D eigenvalue weighted by molar-refractivity contribution is 0.0595. The van der Waals surface area contributed by atoms with Gasteiger partial charge in [0.05, 0.1) is 0 Å². The Morgan fingerprint density at radius 1 is 0.806 bits per heavy atom. The van der Waals surface area contributed by atoms with E-state index in [9.17, 15) is 4.79 Å². The third-order valence-corrected chi connectivity index (χ3v) is 5.68. The summed E-state index contributed by atoms with van der Waals surface area (Å²) < 4.78 is 12.0. The van der Waals surface area contributed by atoms with E-state index in [0.717, 1.165) is 54.1 Å². The van der Waals surface area contributed by atoms with Crippen molar-refractivity contribution in [1.29, 1.82) is 0 Å². The van der Waals surface area contributed by atoms with Crippen molar-refractivity contribution in [2.45, 2.75) is 39.4 Å². The van der Waals surface area contributed by atoms with Gasteiger partial charge in [-0.1, -0.05) is 47.5 Å². The Morgan fingerprint density at radius 2 is 1.35 bits per heavy atom. The third-order valence-electron chi connectivity index (χ3n) is 5.68. The van der Waals surface area contributed by atoms with Crippen LogP contribution in [0, 0.1) is 13.8 Å². The maximum atomic E-state index is 12.7. The normalized spacial score (nSPS) is 14.3. The molecule has 0 atom stereocenters. The molecule has 1 amide bonds. The zero-order valence-corrected chi connectivity index (χ0v) is 18.2. The molecule has 31 heavy (non-hydrogen) atoms. The number of benzene rings is 3. The number of amides is 1. The highest BCUT2D eigenvalue weighted by Crippen LogP contribution is 2.22. The number of piperidine rings is 1. The fourth-order valence-corrected chi connectivity index (χ4v) is 3.71. The number of ether oxygens (including phenoxy) is 2. The molecule has 0 spiro atoms. The highest BCUT2D eigenvalue weighted by Gasteiger charge is 2.24. The van der Waals surface area contributed by atoms with Crippen LogP contribution < -0.4 is 9.47 Å². The van der Waals surface area contributed by atoms with Crippen molar-refractivity contribution >= 4 is 5.91 Å². The molecule has 3 aromatic carbocycles. The van der Waals surface area contributed by atoms with Crippen LogP contribution in [0.5, 0.6) is 11.5 Å². The highest BCUT2D eigenvalue weighted by atomic mass is 16.5. The monoisotopic (exact) mass is 415 g/mol. The van der Waals surface area contributed by atoms with Gasteiger partial charge in [0.1, 0.15) is 24.2 Å². The quantitative estimate of drug-likeness (QED) is 0.529. The molecule has 1 heterocycles. The number of nitrogens with zero attached hydrogens (tertiary/aromatic N) is 1. The first-order valence-electron chi connectivity index (χ1n) is 10.9. The molecule has 1 fully saturated rings. The molecule has 4 rings (SSSR count). The maximum Gasteiger partial charge on any atom is 0.253 e. The number of carbonyl (C=O) groups is 1. The van der Waals surface area contributed by atoms with Gasteiger partial charge >= 0.3 is 0 Å². The van der Waals surface area contributed by atoms with E-state index in [-0.39, 0.29) is 12.0 Å². The van der Waals surface area contributed by atoms with Gasteiger partial charge in [0.2, 0.25) is 0 Å². The SMILES string of the molecule is Cc1ccc(OCc2ccc(OC3CCN(C(=O)c4ccc(C)cc4)CC3)cc2)cc1. The lowest BCUT2D eigenvalue weighted by atomic mass is 10.1. The van der Waals surface area contributed by atoms with Crippen molar-refractivity contribution in [2.75, 3.05) is 13.1 Å². The minimum absolute atomic E-state index is 0.108. The molecule has 0 aliphatic carbocycles. The smallest absolute Gasteiger partial charge is 0.253 e. The van der Waals surface area contributed by atoms with E-state index in [1.165, 1.54) is 5.56 Å². The predicted molar refractivity (Wildman–Crippen MR) is 123 cm³/mol. The fourth-order valence-electron chi connectivity index (χ4n) is 3.71. The average molecular weight is 416 g/mol. The van der Waals surface area contributed by atoms with E-state index < -0.39 is 0 Å². The molecule has 1 saturated heterocycles. The summed E-state index contributed by atoms with van der Waals surface area (Å²) in [5, 5.41) is 0. The Hall–Kier alpha value is -3.27. The summed E-state index contributed by atoms with van der Waals surface area (Å²) in [6.45, 7) is 6.07. The van der Waals surface area contributed by atoms with Crippen LogP contribution in [0.1, 0.15) is 39.9 Å². The summed E-state index contributed by atoms with van der Waals surface area (Å²) in [4.78, 5) is 14.6. The first-order chi connectivity index (χ1) is 15.1. The van der Waals surface area contributed by atoms with E-state index >= 15 is 0 Å². The van der Waals surface area contributed by atoms with E-state index in [0.29, 0.717) is 6.61 Å². The second-order valence-electron chi connectivity index (χ2n) is 8.22. The molecular formula is C27H29NO3. The fraction of sp³-hybridized carbons (Fsp3) is 0.296. The predicted octanol–water partition coefficient (Wildman–Crippen LogP) is 5.57. The molecule has 0 bridgehead atoms. The molecule has 3 aromatic rings. The van der Waals surface area contributed by atoms with Crippen LogP contribution in [0.3, 0.4) is 0 Å². The number of rotatable bonds is 6. The van der Waals surface area contributed by atoms with Gasteiger partial charge in [-0.25, -0.2) is 0 Å². The Kier molecular flexibility index (Phi) is 6.56. The van der Waals surface area contributed by atoms with Gasteiger partial charge in [-0.3, -0.25) is 4.79 Å². The van der Waals surface area contributed by atoms with Gasteiger partial charge in [-0.2, -0.15) is 0 Å². The molecule has 4 heteroatoms. The van der Waals surface area contributed by atoms with Crippen molar-refractivity contribution < 1.29 is 14.3 Å². The molecule has 0 unspecified atom stereocenters. The van der Waals surface area contributed by atoms with Crippen molar-refractivity contribution in [1.82, 2.24) is 4.90 Å². The van der Waals surface area contributed by atoms with Crippen LogP contribution in [-0.2, 0) is 6.61 Å². The second kappa shape index (κ2) is 9.69. The Balaban J connectivity index is 1.24. The van der Waals surface area contributed by atoms with Crippen molar-refractivity contribution in [3.05, 3.63) is 95.1 Å². The molecule has 0 radical (unpaired) electrons. The molecule has 1 aliphatic heterocycles. The first-order valence-corrected chi connectivity index (χ1v) is 10.9. The number of carbonyl (C=O) groups excluding carboxylic acids is 1. The lowest BCUT2D eigenvalue weighted by Gasteiger charge is -2.32.